The molecule has 1 saturated heterocycles. The van der Waals surface area contributed by atoms with Gasteiger partial charge in [-0.05, 0) is 37.6 Å². The van der Waals surface area contributed by atoms with Crippen LogP contribution in [-0.4, -0.2) is 41.5 Å². The fourth-order valence-electron chi connectivity index (χ4n) is 2.30. The third-order valence-corrected chi connectivity index (χ3v) is 3.29. The smallest absolute Gasteiger partial charge is 0.307 e. The number of hydrogen-bond acceptors (Lipinski definition) is 3. The Morgan fingerprint density at radius 2 is 2.26 bits per heavy atom. The highest BCUT2D eigenvalue weighted by Gasteiger charge is 2.28. The van der Waals surface area contributed by atoms with Crippen molar-refractivity contribution in [3.05, 3.63) is 29.8 Å². The molecule has 1 aromatic carbocycles. The van der Waals surface area contributed by atoms with Gasteiger partial charge in [0.25, 0.3) is 0 Å². The number of nitrogens with one attached hydrogen (secondary N) is 1. The molecule has 1 fully saturated rings. The van der Waals surface area contributed by atoms with E-state index in [1.165, 1.54) is 0 Å². The summed E-state index contributed by atoms with van der Waals surface area (Å²) in [7, 11) is 0. The van der Waals surface area contributed by atoms with Gasteiger partial charge < -0.3 is 10.4 Å². The number of aryl methyl sites for hydroxylation is 1. The topological polar surface area (TPSA) is 69.6 Å². The molecule has 0 aliphatic carbocycles. The molecule has 0 saturated carbocycles. The number of carbonyl (C=O) groups excluding carboxylic acids is 1. The van der Waals surface area contributed by atoms with Crippen LogP contribution in [-0.2, 0) is 9.59 Å². The van der Waals surface area contributed by atoms with Gasteiger partial charge in [0, 0.05) is 12.2 Å². The molecule has 5 nitrogen and oxygen atoms in total. The number of anilines is 1. The molecule has 19 heavy (non-hydrogen) atoms. The van der Waals surface area contributed by atoms with Crippen LogP contribution in [0.15, 0.2) is 24.3 Å². The molecule has 0 bridgehead atoms. The first-order chi connectivity index (χ1) is 9.04. The third kappa shape index (κ3) is 3.79. The van der Waals surface area contributed by atoms with E-state index >= 15 is 0 Å². The molecule has 2 rings (SSSR count). The molecule has 1 heterocycles. The molecule has 5 heteroatoms. The van der Waals surface area contributed by atoms with Crippen molar-refractivity contribution in [1.29, 1.82) is 0 Å². The van der Waals surface area contributed by atoms with Gasteiger partial charge in [-0.15, -0.1) is 0 Å². The van der Waals surface area contributed by atoms with Crippen LogP contribution in [0, 0.1) is 12.8 Å². The van der Waals surface area contributed by atoms with E-state index in [1.807, 2.05) is 36.1 Å². The number of aliphatic carboxylic acids is 1. The maximum Gasteiger partial charge on any atom is 0.307 e. The first-order valence-electron chi connectivity index (χ1n) is 6.36. The van der Waals surface area contributed by atoms with Gasteiger partial charge in [-0.3, -0.25) is 14.5 Å². The Morgan fingerprint density at radius 1 is 1.47 bits per heavy atom. The van der Waals surface area contributed by atoms with Crippen LogP contribution in [0.25, 0.3) is 0 Å². The number of nitrogens with zero attached hydrogens (tertiary/aromatic N) is 1. The molecular formula is C14H18N2O3. The molecule has 1 aromatic rings. The van der Waals surface area contributed by atoms with Gasteiger partial charge in [-0.25, -0.2) is 0 Å². The lowest BCUT2D eigenvalue weighted by molar-refractivity contribution is -0.141. The fourth-order valence-corrected chi connectivity index (χ4v) is 2.30. The summed E-state index contributed by atoms with van der Waals surface area (Å²) in [5, 5.41) is 11.7. The fraction of sp³-hybridized carbons (Fsp3) is 0.429. The van der Waals surface area contributed by atoms with Crippen molar-refractivity contribution in [3.8, 4) is 0 Å². The standard InChI is InChI=1S/C14H18N2O3/c1-10-3-2-4-12(7-10)15-13(17)9-16-6-5-11(8-16)14(18)19/h2-4,7,11H,5-6,8-9H2,1H3,(H,15,17)(H,18,19). The van der Waals surface area contributed by atoms with Crippen molar-refractivity contribution < 1.29 is 14.7 Å². The van der Waals surface area contributed by atoms with E-state index in [0.29, 0.717) is 19.5 Å². The Kier molecular flexibility index (Phi) is 4.16. The summed E-state index contributed by atoms with van der Waals surface area (Å²) in [6, 6.07) is 7.60. The first-order valence-corrected chi connectivity index (χ1v) is 6.36. The number of rotatable bonds is 4. The first kappa shape index (κ1) is 13.5. The minimum atomic E-state index is -0.776. The Bertz CT molecular complexity index is 487. The molecule has 0 spiro atoms. The number of carboxylic acid groups (broad SMARTS) is 1. The lowest BCUT2D eigenvalue weighted by Crippen LogP contribution is -2.32. The predicted molar refractivity (Wildman–Crippen MR) is 72.0 cm³/mol. The summed E-state index contributed by atoms with van der Waals surface area (Å²) in [6.07, 6.45) is 0.618. The Morgan fingerprint density at radius 3 is 2.89 bits per heavy atom. The van der Waals surface area contributed by atoms with Crippen molar-refractivity contribution in [2.24, 2.45) is 5.92 Å². The second kappa shape index (κ2) is 5.84. The number of carboxylic acids is 1. The molecule has 1 amide bonds. The Labute approximate surface area is 112 Å². The minimum Gasteiger partial charge on any atom is -0.481 e. The largest absolute Gasteiger partial charge is 0.481 e. The lowest BCUT2D eigenvalue weighted by Gasteiger charge is -2.14. The van der Waals surface area contributed by atoms with Crippen molar-refractivity contribution in [2.45, 2.75) is 13.3 Å². The molecule has 2 N–H and O–H groups in total. The number of carbonyl (C=O) groups is 2. The minimum absolute atomic E-state index is 0.100. The average Bonchev–Trinajstić information content (AvgIpc) is 2.77. The molecule has 1 aliphatic heterocycles. The third-order valence-electron chi connectivity index (χ3n) is 3.29. The van der Waals surface area contributed by atoms with Crippen LogP contribution in [0.5, 0.6) is 0 Å². The molecule has 0 radical (unpaired) electrons. The van der Waals surface area contributed by atoms with Gasteiger partial charge >= 0.3 is 5.97 Å². The van der Waals surface area contributed by atoms with E-state index in [2.05, 4.69) is 5.32 Å². The van der Waals surface area contributed by atoms with Gasteiger partial charge in [0.05, 0.1) is 12.5 Å². The number of amides is 1. The van der Waals surface area contributed by atoms with Gasteiger partial charge in [0.1, 0.15) is 0 Å². The summed E-state index contributed by atoms with van der Waals surface area (Å²) in [5.74, 6) is -1.22. The van der Waals surface area contributed by atoms with Crippen molar-refractivity contribution in [2.75, 3.05) is 25.0 Å². The quantitative estimate of drug-likeness (QED) is 0.859. The monoisotopic (exact) mass is 262 g/mol. The van der Waals surface area contributed by atoms with Crippen LogP contribution in [0.3, 0.4) is 0 Å². The highest BCUT2D eigenvalue weighted by molar-refractivity contribution is 5.92. The van der Waals surface area contributed by atoms with E-state index in [1.54, 1.807) is 0 Å². The Hall–Kier alpha value is -1.88. The SMILES string of the molecule is Cc1cccc(NC(=O)CN2CCC(C(=O)O)C2)c1. The Balaban J connectivity index is 1.84. The predicted octanol–water partition coefficient (Wildman–Crippen LogP) is 1.34. The second-order valence-corrected chi connectivity index (χ2v) is 4.98. The molecular weight excluding hydrogens is 244 g/mol. The lowest BCUT2D eigenvalue weighted by atomic mass is 10.1. The van der Waals surface area contributed by atoms with Crippen molar-refractivity contribution in [3.63, 3.8) is 0 Å². The second-order valence-electron chi connectivity index (χ2n) is 4.98. The molecule has 1 unspecified atom stereocenters. The van der Waals surface area contributed by atoms with Crippen LogP contribution >= 0.6 is 0 Å². The molecule has 1 atom stereocenters. The summed E-state index contributed by atoms with van der Waals surface area (Å²) in [6.45, 7) is 3.33. The highest BCUT2D eigenvalue weighted by atomic mass is 16.4. The molecule has 102 valence electrons. The number of likely N-dealkylation sites (tertiary alicyclic amines) is 1. The van der Waals surface area contributed by atoms with E-state index in [0.717, 1.165) is 11.3 Å². The number of benzene rings is 1. The summed E-state index contributed by atoms with van der Waals surface area (Å²) < 4.78 is 0. The summed E-state index contributed by atoms with van der Waals surface area (Å²) in [5.41, 5.74) is 1.86. The summed E-state index contributed by atoms with van der Waals surface area (Å²) in [4.78, 5) is 24.6. The van der Waals surface area contributed by atoms with Gasteiger partial charge in [-0.1, -0.05) is 12.1 Å². The molecule has 0 aromatic heterocycles. The zero-order valence-corrected chi connectivity index (χ0v) is 10.9. The number of hydrogen-bond donors (Lipinski definition) is 2. The molecule has 1 aliphatic rings. The van der Waals surface area contributed by atoms with E-state index in [-0.39, 0.29) is 18.4 Å². The van der Waals surface area contributed by atoms with Crippen LogP contribution < -0.4 is 5.32 Å². The van der Waals surface area contributed by atoms with Gasteiger partial charge in [0.15, 0.2) is 0 Å². The zero-order valence-electron chi connectivity index (χ0n) is 10.9. The maximum absolute atomic E-state index is 11.9. The van der Waals surface area contributed by atoms with Crippen LogP contribution in [0.2, 0.25) is 0 Å². The summed E-state index contributed by atoms with van der Waals surface area (Å²) >= 11 is 0. The van der Waals surface area contributed by atoms with Gasteiger partial charge in [-0.2, -0.15) is 0 Å². The highest BCUT2D eigenvalue weighted by Crippen LogP contribution is 2.16. The van der Waals surface area contributed by atoms with Gasteiger partial charge in [0.2, 0.25) is 5.91 Å². The van der Waals surface area contributed by atoms with E-state index in [9.17, 15) is 9.59 Å². The van der Waals surface area contributed by atoms with Crippen molar-refractivity contribution >= 4 is 17.6 Å². The average molecular weight is 262 g/mol. The van der Waals surface area contributed by atoms with Crippen LogP contribution in [0.4, 0.5) is 5.69 Å². The van der Waals surface area contributed by atoms with Crippen LogP contribution in [0.1, 0.15) is 12.0 Å². The van der Waals surface area contributed by atoms with E-state index < -0.39 is 5.97 Å². The zero-order chi connectivity index (χ0) is 13.8. The normalized spacial score (nSPS) is 19.3. The van der Waals surface area contributed by atoms with Crippen molar-refractivity contribution in [1.82, 2.24) is 4.90 Å². The maximum atomic E-state index is 11.9. The van der Waals surface area contributed by atoms with E-state index in [4.69, 9.17) is 5.11 Å².